The summed E-state index contributed by atoms with van der Waals surface area (Å²) >= 11 is 0. The molecule has 0 aliphatic carbocycles. The molecule has 2 aromatic heterocycles. The van der Waals surface area contributed by atoms with E-state index >= 15 is 0 Å². The van der Waals surface area contributed by atoms with Crippen molar-refractivity contribution in [2.24, 2.45) is 0 Å². The third-order valence-electron chi connectivity index (χ3n) is 6.59. The molecule has 2 N–H and O–H groups in total. The summed E-state index contributed by atoms with van der Waals surface area (Å²) in [5.74, 6) is 0. The van der Waals surface area contributed by atoms with Crippen LogP contribution in [0, 0.1) is 6.92 Å². The molecule has 0 radical (unpaired) electrons. The van der Waals surface area contributed by atoms with Gasteiger partial charge in [-0.3, -0.25) is 15.0 Å². The van der Waals surface area contributed by atoms with E-state index < -0.39 is 0 Å². The molecule has 0 spiro atoms. The van der Waals surface area contributed by atoms with Gasteiger partial charge in [0.1, 0.15) is 0 Å². The Morgan fingerprint density at radius 1 is 1.00 bits per heavy atom. The number of hydrogen-bond donors (Lipinski definition) is 2. The van der Waals surface area contributed by atoms with Crippen LogP contribution < -0.4 is 5.32 Å². The van der Waals surface area contributed by atoms with E-state index in [9.17, 15) is 0 Å². The standard InChI is InChI=1S/C28H32N6/c1-21-25(30-19-24-8-3-4-13-29-24)11-12-27-28(21)26(31-32-27)10-9-22-6-5-7-23(18-22)20-34-16-14-33(2)15-17-34/h3-13,18,30H,14-17,19-20H2,1-2H3,(H,31,32). The summed E-state index contributed by atoms with van der Waals surface area (Å²) in [7, 11) is 2.20. The van der Waals surface area contributed by atoms with Crippen molar-refractivity contribution in [3.63, 3.8) is 0 Å². The van der Waals surface area contributed by atoms with Crippen LogP contribution >= 0.6 is 0 Å². The number of anilines is 1. The highest BCUT2D eigenvalue weighted by Crippen LogP contribution is 2.28. The fourth-order valence-corrected chi connectivity index (χ4v) is 4.55. The van der Waals surface area contributed by atoms with Gasteiger partial charge in [0.25, 0.3) is 0 Å². The normalized spacial score (nSPS) is 15.4. The molecule has 0 amide bonds. The first-order valence-corrected chi connectivity index (χ1v) is 11.9. The summed E-state index contributed by atoms with van der Waals surface area (Å²) in [5, 5.41) is 12.4. The second kappa shape index (κ2) is 10.2. The third-order valence-corrected chi connectivity index (χ3v) is 6.59. The molecule has 4 aromatic rings. The summed E-state index contributed by atoms with van der Waals surface area (Å²) in [6.07, 6.45) is 6.10. The molecule has 0 bridgehead atoms. The minimum absolute atomic E-state index is 0.691. The molecule has 6 heteroatoms. The lowest BCUT2D eigenvalue weighted by Gasteiger charge is -2.32. The first kappa shape index (κ1) is 22.3. The lowest BCUT2D eigenvalue weighted by atomic mass is 10.0. The largest absolute Gasteiger partial charge is 0.379 e. The molecule has 0 atom stereocenters. The first-order valence-electron chi connectivity index (χ1n) is 11.9. The van der Waals surface area contributed by atoms with Crippen LogP contribution in [-0.2, 0) is 13.1 Å². The van der Waals surface area contributed by atoms with Crippen LogP contribution in [-0.4, -0.2) is 58.2 Å². The topological polar surface area (TPSA) is 60.1 Å². The molecule has 1 aliphatic heterocycles. The average molecular weight is 453 g/mol. The molecular formula is C28H32N6. The number of pyridine rings is 1. The van der Waals surface area contributed by atoms with Gasteiger partial charge in [-0.2, -0.15) is 5.10 Å². The van der Waals surface area contributed by atoms with Gasteiger partial charge < -0.3 is 10.2 Å². The van der Waals surface area contributed by atoms with Crippen molar-refractivity contribution in [2.75, 3.05) is 38.5 Å². The van der Waals surface area contributed by atoms with E-state index in [0.717, 1.165) is 60.7 Å². The molecule has 1 saturated heterocycles. The number of hydrogen-bond acceptors (Lipinski definition) is 5. The lowest BCUT2D eigenvalue weighted by molar-refractivity contribution is 0.148. The van der Waals surface area contributed by atoms with Gasteiger partial charge in [0, 0.05) is 50.0 Å². The van der Waals surface area contributed by atoms with Crippen molar-refractivity contribution in [1.82, 2.24) is 25.0 Å². The maximum absolute atomic E-state index is 4.59. The van der Waals surface area contributed by atoms with Gasteiger partial charge in [0.15, 0.2) is 0 Å². The SMILES string of the molecule is Cc1c(NCc2ccccn2)ccc2[nH]nc(C=Cc3cccc(CN4CCN(C)CC4)c3)c12. The van der Waals surface area contributed by atoms with Crippen molar-refractivity contribution >= 4 is 28.7 Å². The maximum Gasteiger partial charge on any atom is 0.0930 e. The number of piperazine rings is 1. The number of rotatable bonds is 7. The first-order chi connectivity index (χ1) is 16.7. The highest BCUT2D eigenvalue weighted by atomic mass is 15.2. The molecule has 6 nitrogen and oxygen atoms in total. The molecule has 3 heterocycles. The van der Waals surface area contributed by atoms with Gasteiger partial charge in [0.05, 0.1) is 23.4 Å². The number of H-pyrrole nitrogens is 1. The highest BCUT2D eigenvalue weighted by molar-refractivity contribution is 5.94. The van der Waals surface area contributed by atoms with Crippen molar-refractivity contribution in [3.05, 3.63) is 88.9 Å². The summed E-state index contributed by atoms with van der Waals surface area (Å²) in [6.45, 7) is 8.39. The van der Waals surface area contributed by atoms with Crippen LogP contribution in [0.15, 0.2) is 60.8 Å². The van der Waals surface area contributed by atoms with Crippen LogP contribution in [0.2, 0.25) is 0 Å². The van der Waals surface area contributed by atoms with Gasteiger partial charge in [-0.1, -0.05) is 36.4 Å². The van der Waals surface area contributed by atoms with Gasteiger partial charge in [-0.25, -0.2) is 0 Å². The lowest BCUT2D eigenvalue weighted by Crippen LogP contribution is -2.43. The van der Waals surface area contributed by atoms with E-state index in [-0.39, 0.29) is 0 Å². The number of likely N-dealkylation sites (N-methyl/N-ethyl adjacent to an activating group) is 1. The van der Waals surface area contributed by atoms with E-state index in [4.69, 9.17) is 0 Å². The Labute approximate surface area is 201 Å². The summed E-state index contributed by atoms with van der Waals surface area (Å²) in [4.78, 5) is 9.34. The number of aromatic nitrogens is 3. The summed E-state index contributed by atoms with van der Waals surface area (Å²) < 4.78 is 0. The fourth-order valence-electron chi connectivity index (χ4n) is 4.55. The minimum atomic E-state index is 0.691. The number of nitrogens with one attached hydrogen (secondary N) is 2. The average Bonchev–Trinajstić information content (AvgIpc) is 3.29. The zero-order valence-corrected chi connectivity index (χ0v) is 20.0. The Kier molecular flexibility index (Phi) is 6.70. The number of nitrogens with zero attached hydrogens (tertiary/aromatic N) is 4. The molecular weight excluding hydrogens is 420 g/mol. The van der Waals surface area contributed by atoms with E-state index in [1.165, 1.54) is 16.7 Å². The van der Waals surface area contributed by atoms with Crippen molar-refractivity contribution < 1.29 is 0 Å². The molecule has 174 valence electrons. The predicted molar refractivity (Wildman–Crippen MR) is 141 cm³/mol. The molecule has 0 saturated carbocycles. The molecule has 2 aromatic carbocycles. The second-order valence-electron chi connectivity index (χ2n) is 9.10. The van der Waals surface area contributed by atoms with Gasteiger partial charge in [-0.15, -0.1) is 0 Å². The van der Waals surface area contributed by atoms with E-state index in [1.807, 2.05) is 24.4 Å². The van der Waals surface area contributed by atoms with Gasteiger partial charge >= 0.3 is 0 Å². The zero-order chi connectivity index (χ0) is 23.3. The molecule has 0 unspecified atom stereocenters. The minimum Gasteiger partial charge on any atom is -0.379 e. The zero-order valence-electron chi connectivity index (χ0n) is 20.0. The monoisotopic (exact) mass is 452 g/mol. The molecule has 1 fully saturated rings. The molecule has 34 heavy (non-hydrogen) atoms. The van der Waals surface area contributed by atoms with E-state index in [2.05, 4.69) is 92.8 Å². The molecule has 5 rings (SSSR count). The number of fused-ring (bicyclic) bond motifs is 1. The van der Waals surface area contributed by atoms with Gasteiger partial charge in [-0.05, 0) is 61.0 Å². The summed E-state index contributed by atoms with van der Waals surface area (Å²) in [6, 6.07) is 19.0. The van der Waals surface area contributed by atoms with Crippen molar-refractivity contribution in [3.8, 4) is 0 Å². The Balaban J connectivity index is 1.32. The number of aromatic amines is 1. The van der Waals surface area contributed by atoms with Crippen LogP contribution in [0.5, 0.6) is 0 Å². The summed E-state index contributed by atoms with van der Waals surface area (Å²) in [5.41, 5.74) is 7.86. The Hall–Kier alpha value is -3.48. The Morgan fingerprint density at radius 2 is 1.88 bits per heavy atom. The van der Waals surface area contributed by atoms with Crippen LogP contribution in [0.3, 0.4) is 0 Å². The van der Waals surface area contributed by atoms with Crippen LogP contribution in [0.1, 0.15) is 28.1 Å². The Bertz CT molecular complexity index is 1270. The third kappa shape index (κ3) is 5.19. The van der Waals surface area contributed by atoms with Crippen LogP contribution in [0.4, 0.5) is 5.69 Å². The predicted octanol–water partition coefficient (Wildman–Crippen LogP) is 4.80. The van der Waals surface area contributed by atoms with Crippen molar-refractivity contribution in [2.45, 2.75) is 20.0 Å². The number of benzene rings is 2. The smallest absolute Gasteiger partial charge is 0.0930 e. The van der Waals surface area contributed by atoms with Crippen LogP contribution in [0.25, 0.3) is 23.1 Å². The second-order valence-corrected chi connectivity index (χ2v) is 9.10. The maximum atomic E-state index is 4.59. The molecule has 1 aliphatic rings. The van der Waals surface area contributed by atoms with Gasteiger partial charge in [0.2, 0.25) is 0 Å². The Morgan fingerprint density at radius 3 is 2.71 bits per heavy atom. The fraction of sp³-hybridized carbons (Fsp3) is 0.286. The number of aryl methyl sites for hydroxylation is 1. The van der Waals surface area contributed by atoms with E-state index in [1.54, 1.807) is 0 Å². The quantitative estimate of drug-likeness (QED) is 0.422. The van der Waals surface area contributed by atoms with E-state index in [0.29, 0.717) is 6.54 Å². The van der Waals surface area contributed by atoms with Crippen molar-refractivity contribution in [1.29, 1.82) is 0 Å². The highest BCUT2D eigenvalue weighted by Gasteiger charge is 2.14.